The normalized spacial score (nSPS) is 17.0. The Kier molecular flexibility index (Phi) is 5.30. The van der Waals surface area contributed by atoms with Gasteiger partial charge in [0.25, 0.3) is 0 Å². The first kappa shape index (κ1) is 17.8. The Bertz CT molecular complexity index is 823. The van der Waals surface area contributed by atoms with Crippen LogP contribution in [0.15, 0.2) is 42.5 Å². The number of carbonyl (C=O) groups is 2. The van der Waals surface area contributed by atoms with Crippen LogP contribution < -0.4 is 10.2 Å². The molecule has 0 saturated carbocycles. The molecule has 1 fully saturated rings. The number of rotatable bonds is 4. The molecule has 1 atom stereocenters. The third kappa shape index (κ3) is 3.65. The van der Waals surface area contributed by atoms with E-state index in [4.69, 9.17) is 23.2 Å². The van der Waals surface area contributed by atoms with Gasteiger partial charge in [0, 0.05) is 18.7 Å². The molecular weight excluding hydrogens is 359 g/mol. The van der Waals surface area contributed by atoms with Crippen molar-refractivity contribution >= 4 is 46.4 Å². The highest BCUT2D eigenvalue weighted by molar-refractivity contribution is 6.44. The molecule has 0 bridgehead atoms. The van der Waals surface area contributed by atoms with Crippen molar-refractivity contribution in [2.24, 2.45) is 5.92 Å². The average molecular weight is 377 g/mol. The summed E-state index contributed by atoms with van der Waals surface area (Å²) >= 11 is 12.1. The number of nitrogens with one attached hydrogen (secondary N) is 1. The number of nitrogens with zero attached hydrogens (tertiary/aromatic N) is 1. The number of halogens is 2. The Balaban J connectivity index is 1.76. The molecule has 2 amide bonds. The van der Waals surface area contributed by atoms with E-state index in [1.54, 1.807) is 23.1 Å². The van der Waals surface area contributed by atoms with E-state index in [1.165, 1.54) is 0 Å². The summed E-state index contributed by atoms with van der Waals surface area (Å²) < 4.78 is 0. The van der Waals surface area contributed by atoms with Crippen LogP contribution in [0.2, 0.25) is 10.0 Å². The van der Waals surface area contributed by atoms with Gasteiger partial charge in [-0.05, 0) is 30.2 Å². The maximum absolute atomic E-state index is 12.6. The molecule has 2 aromatic carbocycles. The third-order valence-electron chi connectivity index (χ3n) is 4.37. The minimum atomic E-state index is -0.424. The number of benzene rings is 2. The molecule has 25 heavy (non-hydrogen) atoms. The number of aryl methyl sites for hydroxylation is 1. The van der Waals surface area contributed by atoms with E-state index in [0.29, 0.717) is 22.3 Å². The molecule has 3 rings (SSSR count). The smallest absolute Gasteiger partial charge is 0.229 e. The summed E-state index contributed by atoms with van der Waals surface area (Å²) in [5, 5.41) is 3.46. The van der Waals surface area contributed by atoms with Gasteiger partial charge in [-0.1, -0.05) is 54.4 Å². The summed E-state index contributed by atoms with van der Waals surface area (Å²) in [7, 11) is 0. The van der Waals surface area contributed by atoms with Crippen molar-refractivity contribution in [3.05, 3.63) is 58.1 Å². The first-order valence-electron chi connectivity index (χ1n) is 8.14. The van der Waals surface area contributed by atoms with Crippen LogP contribution in [0.4, 0.5) is 11.4 Å². The van der Waals surface area contributed by atoms with Gasteiger partial charge in [0.15, 0.2) is 0 Å². The average Bonchev–Trinajstić information content (AvgIpc) is 3.00. The van der Waals surface area contributed by atoms with Crippen LogP contribution in [0.1, 0.15) is 18.9 Å². The van der Waals surface area contributed by atoms with E-state index in [-0.39, 0.29) is 18.2 Å². The van der Waals surface area contributed by atoms with Gasteiger partial charge in [-0.3, -0.25) is 9.59 Å². The van der Waals surface area contributed by atoms with Gasteiger partial charge in [0.1, 0.15) is 0 Å². The molecular formula is C19H18Cl2N2O2. The summed E-state index contributed by atoms with van der Waals surface area (Å²) in [6, 6.07) is 12.8. The van der Waals surface area contributed by atoms with Crippen molar-refractivity contribution in [2.45, 2.75) is 19.8 Å². The highest BCUT2D eigenvalue weighted by Crippen LogP contribution is 2.32. The lowest BCUT2D eigenvalue weighted by molar-refractivity contribution is -0.122. The SMILES string of the molecule is CCc1ccccc1N1CC(C(=O)Nc2cccc(Cl)c2Cl)CC1=O. The minimum Gasteiger partial charge on any atom is -0.324 e. The molecule has 0 radical (unpaired) electrons. The van der Waals surface area contributed by atoms with Crippen LogP contribution in [0.5, 0.6) is 0 Å². The van der Waals surface area contributed by atoms with Crippen LogP contribution in [-0.2, 0) is 16.0 Å². The molecule has 1 heterocycles. The Morgan fingerprint density at radius 3 is 2.72 bits per heavy atom. The van der Waals surface area contributed by atoms with E-state index in [1.807, 2.05) is 31.2 Å². The summed E-state index contributed by atoms with van der Waals surface area (Å²) in [5.74, 6) is -0.695. The minimum absolute atomic E-state index is 0.0433. The monoisotopic (exact) mass is 376 g/mol. The van der Waals surface area contributed by atoms with E-state index < -0.39 is 5.92 Å². The predicted octanol–water partition coefficient (Wildman–Crippen LogP) is 4.55. The predicted molar refractivity (Wildman–Crippen MR) is 101 cm³/mol. The number of carbonyl (C=O) groups excluding carboxylic acids is 2. The molecule has 2 aromatic rings. The molecule has 1 N–H and O–H groups in total. The first-order chi connectivity index (χ1) is 12.0. The molecule has 0 spiro atoms. The topological polar surface area (TPSA) is 49.4 Å². The summed E-state index contributed by atoms with van der Waals surface area (Å²) in [6.07, 6.45) is 1.01. The Hall–Kier alpha value is -2.04. The largest absolute Gasteiger partial charge is 0.324 e. The second-order valence-corrected chi connectivity index (χ2v) is 6.76. The summed E-state index contributed by atoms with van der Waals surface area (Å²) in [4.78, 5) is 26.7. The van der Waals surface area contributed by atoms with Gasteiger partial charge in [-0.15, -0.1) is 0 Å². The fraction of sp³-hybridized carbons (Fsp3) is 0.263. The second kappa shape index (κ2) is 7.46. The van der Waals surface area contributed by atoms with Crippen molar-refractivity contribution in [1.82, 2.24) is 0 Å². The fourth-order valence-electron chi connectivity index (χ4n) is 3.02. The number of amides is 2. The van der Waals surface area contributed by atoms with Crippen LogP contribution >= 0.6 is 23.2 Å². The van der Waals surface area contributed by atoms with E-state index >= 15 is 0 Å². The van der Waals surface area contributed by atoms with Crippen molar-refractivity contribution < 1.29 is 9.59 Å². The molecule has 0 aliphatic carbocycles. The van der Waals surface area contributed by atoms with E-state index in [9.17, 15) is 9.59 Å². The maximum atomic E-state index is 12.6. The van der Waals surface area contributed by atoms with E-state index in [0.717, 1.165) is 17.7 Å². The lowest BCUT2D eigenvalue weighted by atomic mass is 10.1. The van der Waals surface area contributed by atoms with Crippen molar-refractivity contribution in [3.8, 4) is 0 Å². The Morgan fingerprint density at radius 1 is 1.20 bits per heavy atom. The standard InChI is InChI=1S/C19H18Cl2N2O2/c1-2-12-6-3-4-9-16(12)23-11-13(10-17(23)24)19(25)22-15-8-5-7-14(20)18(15)21/h3-9,13H,2,10-11H2,1H3,(H,22,25). The zero-order valence-electron chi connectivity index (χ0n) is 13.8. The summed E-state index contributed by atoms with van der Waals surface area (Å²) in [5.41, 5.74) is 2.43. The van der Waals surface area contributed by atoms with Gasteiger partial charge < -0.3 is 10.2 Å². The fourth-order valence-corrected chi connectivity index (χ4v) is 3.37. The Labute approximate surface area is 156 Å². The quantitative estimate of drug-likeness (QED) is 0.850. The molecule has 1 unspecified atom stereocenters. The highest BCUT2D eigenvalue weighted by atomic mass is 35.5. The first-order valence-corrected chi connectivity index (χ1v) is 8.90. The van der Waals surface area contributed by atoms with Crippen LogP contribution in [0.25, 0.3) is 0 Å². The third-order valence-corrected chi connectivity index (χ3v) is 5.19. The van der Waals surface area contributed by atoms with Crippen LogP contribution in [-0.4, -0.2) is 18.4 Å². The molecule has 0 aromatic heterocycles. The molecule has 1 aliphatic rings. The van der Waals surface area contributed by atoms with Crippen molar-refractivity contribution in [1.29, 1.82) is 0 Å². The van der Waals surface area contributed by atoms with Crippen LogP contribution in [0, 0.1) is 5.92 Å². The molecule has 6 heteroatoms. The number of anilines is 2. The lowest BCUT2D eigenvalue weighted by Crippen LogP contribution is -2.28. The zero-order chi connectivity index (χ0) is 18.0. The van der Waals surface area contributed by atoms with Gasteiger partial charge in [0.05, 0.1) is 21.7 Å². The number of hydrogen-bond acceptors (Lipinski definition) is 2. The number of hydrogen-bond donors (Lipinski definition) is 1. The molecule has 4 nitrogen and oxygen atoms in total. The zero-order valence-corrected chi connectivity index (χ0v) is 15.3. The molecule has 1 aliphatic heterocycles. The van der Waals surface area contributed by atoms with Crippen molar-refractivity contribution in [3.63, 3.8) is 0 Å². The van der Waals surface area contributed by atoms with Gasteiger partial charge in [0.2, 0.25) is 11.8 Å². The van der Waals surface area contributed by atoms with Gasteiger partial charge in [-0.25, -0.2) is 0 Å². The second-order valence-electron chi connectivity index (χ2n) is 5.98. The molecule has 130 valence electrons. The lowest BCUT2D eigenvalue weighted by Gasteiger charge is -2.20. The van der Waals surface area contributed by atoms with Crippen molar-refractivity contribution in [2.75, 3.05) is 16.8 Å². The summed E-state index contributed by atoms with van der Waals surface area (Å²) in [6.45, 7) is 2.41. The highest BCUT2D eigenvalue weighted by Gasteiger charge is 2.36. The van der Waals surface area contributed by atoms with Gasteiger partial charge >= 0.3 is 0 Å². The maximum Gasteiger partial charge on any atom is 0.229 e. The van der Waals surface area contributed by atoms with Gasteiger partial charge in [-0.2, -0.15) is 0 Å². The molecule has 1 saturated heterocycles. The number of para-hydroxylation sites is 1. The Morgan fingerprint density at radius 2 is 1.96 bits per heavy atom. The van der Waals surface area contributed by atoms with E-state index in [2.05, 4.69) is 5.32 Å². The van der Waals surface area contributed by atoms with Crippen LogP contribution in [0.3, 0.4) is 0 Å².